The molecule has 0 N–H and O–H groups in total. The van der Waals surface area contributed by atoms with Crippen LogP contribution < -0.4 is 0 Å². The Morgan fingerprint density at radius 3 is 2.62 bits per heavy atom. The number of carbonyl (C=O) groups is 1. The van der Waals surface area contributed by atoms with Crippen LogP contribution >= 0.6 is 15.9 Å². The summed E-state index contributed by atoms with van der Waals surface area (Å²) in [4.78, 5) is 11.5. The number of hydrogen-bond acceptors (Lipinski definition) is 4. The van der Waals surface area contributed by atoms with Crippen molar-refractivity contribution in [1.82, 2.24) is 4.31 Å². The summed E-state index contributed by atoms with van der Waals surface area (Å²) in [6.45, 7) is 0.742. The molecule has 1 aliphatic heterocycles. The molecular formula is C14H18BrNO4S. The van der Waals surface area contributed by atoms with Crippen molar-refractivity contribution in [2.45, 2.75) is 18.6 Å². The molecule has 1 aliphatic rings. The van der Waals surface area contributed by atoms with E-state index in [1.54, 1.807) is 12.1 Å². The van der Waals surface area contributed by atoms with E-state index in [0.29, 0.717) is 25.9 Å². The first kappa shape index (κ1) is 16.5. The third kappa shape index (κ3) is 4.28. The molecule has 0 atom stereocenters. The number of hydrogen-bond donors (Lipinski definition) is 0. The zero-order valence-electron chi connectivity index (χ0n) is 11.8. The Hall–Kier alpha value is -0.920. The van der Waals surface area contributed by atoms with Crippen LogP contribution in [0.4, 0.5) is 0 Å². The molecule has 1 aromatic carbocycles. The lowest BCUT2D eigenvalue weighted by Crippen LogP contribution is -2.41. The van der Waals surface area contributed by atoms with Crippen molar-refractivity contribution in [2.75, 3.05) is 20.2 Å². The number of sulfonamides is 1. The van der Waals surface area contributed by atoms with Gasteiger partial charge >= 0.3 is 5.97 Å². The first-order valence-corrected chi connectivity index (χ1v) is 9.12. The molecule has 116 valence electrons. The van der Waals surface area contributed by atoms with Gasteiger partial charge in [0.1, 0.15) is 0 Å². The highest BCUT2D eigenvalue weighted by Gasteiger charge is 2.31. The molecule has 0 radical (unpaired) electrons. The maximum Gasteiger partial charge on any atom is 0.308 e. The van der Waals surface area contributed by atoms with Crippen molar-refractivity contribution in [2.24, 2.45) is 5.92 Å². The lowest BCUT2D eigenvalue weighted by atomic mass is 9.99. The Labute approximate surface area is 133 Å². The fourth-order valence-electron chi connectivity index (χ4n) is 2.46. The van der Waals surface area contributed by atoms with Crippen molar-refractivity contribution in [1.29, 1.82) is 0 Å². The summed E-state index contributed by atoms with van der Waals surface area (Å²) in [6.07, 6.45) is 1.04. The van der Waals surface area contributed by atoms with Gasteiger partial charge in [-0.05, 0) is 30.5 Å². The van der Waals surface area contributed by atoms with Gasteiger partial charge in [-0.1, -0.05) is 28.1 Å². The number of piperidine rings is 1. The van der Waals surface area contributed by atoms with E-state index in [-0.39, 0.29) is 17.6 Å². The van der Waals surface area contributed by atoms with Crippen LogP contribution in [-0.4, -0.2) is 38.9 Å². The molecule has 0 aromatic heterocycles. The van der Waals surface area contributed by atoms with Crippen LogP contribution in [0.3, 0.4) is 0 Å². The maximum absolute atomic E-state index is 12.4. The molecule has 0 amide bonds. The molecule has 0 aliphatic carbocycles. The number of halogens is 1. The van der Waals surface area contributed by atoms with Crippen LogP contribution in [0.15, 0.2) is 28.7 Å². The molecule has 7 heteroatoms. The van der Waals surface area contributed by atoms with E-state index in [9.17, 15) is 13.2 Å². The topological polar surface area (TPSA) is 63.7 Å². The molecule has 0 unspecified atom stereocenters. The molecule has 5 nitrogen and oxygen atoms in total. The Bertz CT molecular complexity index is 609. The third-order valence-corrected chi connectivity index (χ3v) is 5.96. The Morgan fingerprint density at radius 2 is 2.05 bits per heavy atom. The van der Waals surface area contributed by atoms with Gasteiger partial charge in [0, 0.05) is 17.6 Å². The monoisotopic (exact) mass is 375 g/mol. The molecule has 1 aromatic rings. The largest absolute Gasteiger partial charge is 0.469 e. The maximum atomic E-state index is 12.4. The van der Waals surface area contributed by atoms with Gasteiger partial charge in [0.05, 0.1) is 18.8 Å². The summed E-state index contributed by atoms with van der Waals surface area (Å²) in [6, 6.07) is 7.28. The van der Waals surface area contributed by atoms with Crippen LogP contribution in [-0.2, 0) is 25.3 Å². The van der Waals surface area contributed by atoms with Gasteiger partial charge in [0.15, 0.2) is 0 Å². The highest BCUT2D eigenvalue weighted by atomic mass is 79.9. The van der Waals surface area contributed by atoms with Crippen molar-refractivity contribution in [3.63, 3.8) is 0 Å². The van der Waals surface area contributed by atoms with Crippen LogP contribution in [0, 0.1) is 5.92 Å². The summed E-state index contributed by atoms with van der Waals surface area (Å²) in [5.41, 5.74) is 0.750. The zero-order chi connectivity index (χ0) is 15.5. The van der Waals surface area contributed by atoms with E-state index >= 15 is 0 Å². The standard InChI is InChI=1S/C14H18BrNO4S/c1-20-14(17)12-5-7-16(8-6-12)21(18,19)10-11-3-2-4-13(15)9-11/h2-4,9,12H,5-8,10H2,1H3. The van der Waals surface area contributed by atoms with Gasteiger partial charge in [0.2, 0.25) is 10.0 Å². The van der Waals surface area contributed by atoms with E-state index in [1.165, 1.54) is 11.4 Å². The van der Waals surface area contributed by atoms with Gasteiger partial charge in [-0.3, -0.25) is 4.79 Å². The molecule has 0 spiro atoms. The summed E-state index contributed by atoms with van der Waals surface area (Å²) >= 11 is 3.34. The minimum atomic E-state index is -3.35. The number of benzene rings is 1. The predicted molar refractivity (Wildman–Crippen MR) is 83.1 cm³/mol. The van der Waals surface area contributed by atoms with E-state index in [2.05, 4.69) is 15.9 Å². The van der Waals surface area contributed by atoms with E-state index < -0.39 is 10.0 Å². The fraction of sp³-hybridized carbons (Fsp3) is 0.500. The van der Waals surface area contributed by atoms with Gasteiger partial charge < -0.3 is 4.74 Å². The first-order chi connectivity index (χ1) is 9.92. The average Bonchev–Trinajstić information content (AvgIpc) is 2.46. The lowest BCUT2D eigenvalue weighted by molar-refractivity contribution is -0.146. The Kier molecular flexibility index (Phi) is 5.40. The van der Waals surface area contributed by atoms with E-state index in [0.717, 1.165) is 10.0 Å². The minimum absolute atomic E-state index is 0.0185. The fourth-order valence-corrected chi connectivity index (χ4v) is 4.46. The van der Waals surface area contributed by atoms with Crippen LogP contribution in [0.1, 0.15) is 18.4 Å². The molecule has 1 heterocycles. The second kappa shape index (κ2) is 6.89. The SMILES string of the molecule is COC(=O)C1CCN(S(=O)(=O)Cc2cccc(Br)c2)CC1. The van der Waals surface area contributed by atoms with Crippen LogP contribution in [0.25, 0.3) is 0 Å². The third-order valence-electron chi connectivity index (χ3n) is 3.62. The molecule has 2 rings (SSSR count). The number of carbonyl (C=O) groups excluding carboxylic acids is 1. The van der Waals surface area contributed by atoms with Gasteiger partial charge in [-0.2, -0.15) is 0 Å². The second-order valence-corrected chi connectivity index (χ2v) is 7.97. The van der Waals surface area contributed by atoms with Crippen molar-refractivity contribution >= 4 is 31.9 Å². The molecule has 0 bridgehead atoms. The van der Waals surface area contributed by atoms with Crippen molar-refractivity contribution in [3.05, 3.63) is 34.3 Å². The summed E-state index contributed by atoms with van der Waals surface area (Å²) in [5.74, 6) is -0.457. The number of nitrogens with zero attached hydrogens (tertiary/aromatic N) is 1. The van der Waals surface area contributed by atoms with Gasteiger partial charge in [-0.15, -0.1) is 0 Å². The van der Waals surface area contributed by atoms with Crippen molar-refractivity contribution in [3.8, 4) is 0 Å². The van der Waals surface area contributed by atoms with Crippen LogP contribution in [0.2, 0.25) is 0 Å². The Balaban J connectivity index is 2.00. The van der Waals surface area contributed by atoms with Gasteiger partial charge in [0.25, 0.3) is 0 Å². The number of esters is 1. The molecule has 0 saturated carbocycles. The van der Waals surface area contributed by atoms with Crippen molar-refractivity contribution < 1.29 is 17.9 Å². The Morgan fingerprint density at radius 1 is 1.38 bits per heavy atom. The molecule has 1 fully saturated rings. The summed E-state index contributed by atoms with van der Waals surface area (Å²) in [5, 5.41) is 0. The summed E-state index contributed by atoms with van der Waals surface area (Å²) in [7, 11) is -1.99. The lowest BCUT2D eigenvalue weighted by Gasteiger charge is -2.29. The van der Waals surface area contributed by atoms with Gasteiger partial charge in [-0.25, -0.2) is 12.7 Å². The number of rotatable bonds is 4. The second-order valence-electron chi connectivity index (χ2n) is 5.08. The average molecular weight is 376 g/mol. The quantitative estimate of drug-likeness (QED) is 0.756. The normalized spacial score (nSPS) is 17.6. The van der Waals surface area contributed by atoms with E-state index in [1.807, 2.05) is 12.1 Å². The number of methoxy groups -OCH3 is 1. The number of ether oxygens (including phenoxy) is 1. The van der Waals surface area contributed by atoms with Crippen LogP contribution in [0.5, 0.6) is 0 Å². The smallest absolute Gasteiger partial charge is 0.308 e. The zero-order valence-corrected chi connectivity index (χ0v) is 14.2. The predicted octanol–water partition coefficient (Wildman–Crippen LogP) is 2.16. The first-order valence-electron chi connectivity index (χ1n) is 6.72. The molecular weight excluding hydrogens is 358 g/mol. The highest BCUT2D eigenvalue weighted by molar-refractivity contribution is 9.10. The minimum Gasteiger partial charge on any atom is -0.469 e. The summed E-state index contributed by atoms with van der Waals surface area (Å²) < 4.78 is 31.8. The molecule has 21 heavy (non-hydrogen) atoms. The molecule has 1 saturated heterocycles. The van der Waals surface area contributed by atoms with E-state index in [4.69, 9.17) is 4.74 Å². The highest BCUT2D eigenvalue weighted by Crippen LogP contribution is 2.23.